The van der Waals surface area contributed by atoms with E-state index in [0.717, 1.165) is 31.6 Å². The fourth-order valence-electron chi connectivity index (χ4n) is 1.92. The maximum atomic E-state index is 9.18. The zero-order valence-corrected chi connectivity index (χ0v) is 12.6. The van der Waals surface area contributed by atoms with Crippen molar-refractivity contribution < 1.29 is 0 Å². The van der Waals surface area contributed by atoms with E-state index in [-0.39, 0.29) is 0 Å². The zero-order valence-electron chi connectivity index (χ0n) is 12.6. The van der Waals surface area contributed by atoms with Gasteiger partial charge in [0.25, 0.3) is 0 Å². The Kier molecular flexibility index (Phi) is 6.35. The summed E-state index contributed by atoms with van der Waals surface area (Å²) in [7, 11) is 0. The van der Waals surface area contributed by atoms with Crippen molar-refractivity contribution in [2.75, 3.05) is 18.0 Å². The van der Waals surface area contributed by atoms with Crippen molar-refractivity contribution >= 4 is 5.69 Å². The van der Waals surface area contributed by atoms with Gasteiger partial charge in [0.2, 0.25) is 0 Å². The van der Waals surface area contributed by atoms with Crippen molar-refractivity contribution in [1.29, 1.82) is 5.26 Å². The predicted molar refractivity (Wildman–Crippen MR) is 80.1 cm³/mol. The molecule has 0 fully saturated rings. The van der Waals surface area contributed by atoms with Gasteiger partial charge in [-0.25, -0.2) is 4.98 Å². The molecule has 0 aliphatic carbocycles. The molecule has 0 saturated carbocycles. The summed E-state index contributed by atoms with van der Waals surface area (Å²) in [6.07, 6.45) is 3.96. The third kappa shape index (κ3) is 5.30. The van der Waals surface area contributed by atoms with Crippen LogP contribution in [0.15, 0.2) is 18.3 Å². The van der Waals surface area contributed by atoms with E-state index >= 15 is 0 Å². The smallest absolute Gasteiger partial charge is 0.163 e. The standard InChI is InChI=1S/C16H25N3/c1-13(2)7-10-19(11-8-14(3)4)16-6-5-9-18-15(16)12-17/h5-6,9,13-14H,7-8,10-11H2,1-4H3. The molecule has 0 N–H and O–H groups in total. The maximum absolute atomic E-state index is 9.18. The van der Waals surface area contributed by atoms with Crippen LogP contribution in [0.5, 0.6) is 0 Å². The van der Waals surface area contributed by atoms with Crippen LogP contribution in [-0.2, 0) is 0 Å². The number of pyridine rings is 1. The molecule has 1 heterocycles. The summed E-state index contributed by atoms with van der Waals surface area (Å²) in [5.74, 6) is 1.34. The molecule has 0 aromatic carbocycles. The van der Waals surface area contributed by atoms with E-state index in [1.54, 1.807) is 6.20 Å². The van der Waals surface area contributed by atoms with Crippen molar-refractivity contribution in [3.8, 4) is 6.07 Å². The van der Waals surface area contributed by atoms with E-state index < -0.39 is 0 Å². The largest absolute Gasteiger partial charge is 0.369 e. The summed E-state index contributed by atoms with van der Waals surface area (Å²) in [6.45, 7) is 10.9. The molecule has 0 spiro atoms. The quantitative estimate of drug-likeness (QED) is 0.746. The Morgan fingerprint density at radius 3 is 2.21 bits per heavy atom. The first kappa shape index (κ1) is 15.5. The summed E-state index contributed by atoms with van der Waals surface area (Å²) in [6, 6.07) is 6.12. The van der Waals surface area contributed by atoms with Crippen LogP contribution in [0.4, 0.5) is 5.69 Å². The lowest BCUT2D eigenvalue weighted by Gasteiger charge is -2.26. The summed E-state index contributed by atoms with van der Waals surface area (Å²) in [5, 5.41) is 9.18. The molecule has 3 nitrogen and oxygen atoms in total. The molecule has 0 aliphatic heterocycles. The number of anilines is 1. The van der Waals surface area contributed by atoms with E-state index in [0.29, 0.717) is 17.5 Å². The van der Waals surface area contributed by atoms with Crippen molar-refractivity contribution in [3.05, 3.63) is 24.0 Å². The number of hydrogen-bond donors (Lipinski definition) is 0. The van der Waals surface area contributed by atoms with E-state index in [9.17, 15) is 5.26 Å². The number of nitriles is 1. The molecule has 1 aromatic heterocycles. The second-order valence-corrected chi connectivity index (χ2v) is 5.84. The van der Waals surface area contributed by atoms with Gasteiger partial charge in [-0.2, -0.15) is 5.26 Å². The first-order valence-electron chi connectivity index (χ1n) is 7.14. The highest BCUT2D eigenvalue weighted by molar-refractivity contribution is 5.55. The second kappa shape index (κ2) is 7.78. The average Bonchev–Trinajstić information content (AvgIpc) is 2.38. The first-order chi connectivity index (χ1) is 9.04. The number of nitrogens with zero attached hydrogens (tertiary/aromatic N) is 3. The molecule has 0 saturated heterocycles. The fraction of sp³-hybridized carbons (Fsp3) is 0.625. The number of aromatic nitrogens is 1. The van der Waals surface area contributed by atoms with Gasteiger partial charge in [-0.1, -0.05) is 27.7 Å². The third-order valence-electron chi connectivity index (χ3n) is 3.19. The molecular formula is C16H25N3. The van der Waals surface area contributed by atoms with Gasteiger partial charge in [0.1, 0.15) is 6.07 Å². The van der Waals surface area contributed by atoms with Gasteiger partial charge in [-0.3, -0.25) is 0 Å². The second-order valence-electron chi connectivity index (χ2n) is 5.84. The molecule has 19 heavy (non-hydrogen) atoms. The lowest BCUT2D eigenvalue weighted by molar-refractivity contribution is 0.535. The fourth-order valence-corrected chi connectivity index (χ4v) is 1.92. The lowest BCUT2D eigenvalue weighted by Crippen LogP contribution is -2.28. The molecule has 0 radical (unpaired) electrons. The Hall–Kier alpha value is -1.56. The average molecular weight is 259 g/mol. The highest BCUT2D eigenvalue weighted by Gasteiger charge is 2.12. The molecule has 0 unspecified atom stereocenters. The predicted octanol–water partition coefficient (Wildman–Crippen LogP) is 3.85. The summed E-state index contributed by atoms with van der Waals surface area (Å²) >= 11 is 0. The van der Waals surface area contributed by atoms with Crippen LogP contribution in [-0.4, -0.2) is 18.1 Å². The van der Waals surface area contributed by atoms with Gasteiger partial charge in [-0.15, -0.1) is 0 Å². The van der Waals surface area contributed by atoms with Crippen LogP contribution < -0.4 is 4.90 Å². The van der Waals surface area contributed by atoms with Crippen LogP contribution in [0.3, 0.4) is 0 Å². The Labute approximate surface area is 117 Å². The van der Waals surface area contributed by atoms with Crippen LogP contribution >= 0.6 is 0 Å². The minimum absolute atomic E-state index is 0.537. The van der Waals surface area contributed by atoms with Crippen LogP contribution in [0, 0.1) is 23.2 Å². The summed E-state index contributed by atoms with van der Waals surface area (Å²) in [5.41, 5.74) is 1.52. The number of hydrogen-bond acceptors (Lipinski definition) is 3. The van der Waals surface area contributed by atoms with Crippen molar-refractivity contribution in [3.63, 3.8) is 0 Å². The number of rotatable bonds is 7. The molecule has 3 heteroatoms. The SMILES string of the molecule is CC(C)CCN(CCC(C)C)c1cccnc1C#N. The van der Waals surface area contributed by atoms with Crippen LogP contribution in [0.1, 0.15) is 46.2 Å². The summed E-state index contributed by atoms with van der Waals surface area (Å²) in [4.78, 5) is 6.48. The monoisotopic (exact) mass is 259 g/mol. The van der Waals surface area contributed by atoms with Gasteiger partial charge < -0.3 is 4.90 Å². The Bertz CT molecular complexity index is 406. The molecule has 1 aromatic rings. The lowest BCUT2D eigenvalue weighted by atomic mass is 10.1. The molecule has 0 bridgehead atoms. The van der Waals surface area contributed by atoms with Crippen LogP contribution in [0.2, 0.25) is 0 Å². The van der Waals surface area contributed by atoms with Crippen LogP contribution in [0.25, 0.3) is 0 Å². The van der Waals surface area contributed by atoms with Gasteiger partial charge >= 0.3 is 0 Å². The normalized spacial score (nSPS) is 10.8. The molecule has 0 amide bonds. The van der Waals surface area contributed by atoms with E-state index in [1.165, 1.54) is 0 Å². The van der Waals surface area contributed by atoms with E-state index in [2.05, 4.69) is 43.6 Å². The Morgan fingerprint density at radius 1 is 1.16 bits per heavy atom. The topological polar surface area (TPSA) is 39.9 Å². The summed E-state index contributed by atoms with van der Waals surface area (Å²) < 4.78 is 0. The van der Waals surface area contributed by atoms with E-state index in [1.807, 2.05) is 12.1 Å². The molecule has 104 valence electrons. The first-order valence-corrected chi connectivity index (χ1v) is 7.14. The molecule has 1 rings (SSSR count). The van der Waals surface area contributed by atoms with Crippen molar-refractivity contribution in [1.82, 2.24) is 4.98 Å². The third-order valence-corrected chi connectivity index (χ3v) is 3.19. The van der Waals surface area contributed by atoms with Gasteiger partial charge in [-0.05, 0) is 36.8 Å². The van der Waals surface area contributed by atoms with Gasteiger partial charge in [0.15, 0.2) is 5.69 Å². The maximum Gasteiger partial charge on any atom is 0.163 e. The highest BCUT2D eigenvalue weighted by Crippen LogP contribution is 2.20. The minimum Gasteiger partial charge on any atom is -0.369 e. The zero-order chi connectivity index (χ0) is 14.3. The van der Waals surface area contributed by atoms with Crippen molar-refractivity contribution in [2.24, 2.45) is 11.8 Å². The van der Waals surface area contributed by atoms with Crippen molar-refractivity contribution in [2.45, 2.75) is 40.5 Å². The minimum atomic E-state index is 0.537. The molecule has 0 atom stereocenters. The molecular weight excluding hydrogens is 234 g/mol. The molecule has 0 aliphatic rings. The van der Waals surface area contributed by atoms with E-state index in [4.69, 9.17) is 0 Å². The van der Waals surface area contributed by atoms with Gasteiger partial charge in [0, 0.05) is 19.3 Å². The Morgan fingerprint density at radius 2 is 1.74 bits per heavy atom. The highest BCUT2D eigenvalue weighted by atomic mass is 15.1. The Balaban J connectivity index is 2.84. The van der Waals surface area contributed by atoms with Gasteiger partial charge in [0.05, 0.1) is 5.69 Å².